The van der Waals surface area contributed by atoms with Crippen LogP contribution in [0.15, 0.2) is 34.3 Å². The first-order valence-electron chi connectivity index (χ1n) is 6.61. The average Bonchev–Trinajstić information content (AvgIpc) is 2.99. The molecule has 3 N–H and O–H groups in total. The third kappa shape index (κ3) is 3.59. The van der Waals surface area contributed by atoms with Crippen molar-refractivity contribution >= 4 is 21.8 Å². The number of rotatable bonds is 4. The second kappa shape index (κ2) is 6.23. The van der Waals surface area contributed by atoms with Gasteiger partial charge in [-0.3, -0.25) is 0 Å². The number of amides is 2. The van der Waals surface area contributed by atoms with E-state index in [4.69, 9.17) is 5.73 Å². The van der Waals surface area contributed by atoms with Gasteiger partial charge in [-0.25, -0.2) is 18.6 Å². The van der Waals surface area contributed by atoms with Crippen LogP contribution in [0, 0.1) is 0 Å². The quantitative estimate of drug-likeness (QED) is 0.636. The number of urea groups is 1. The first-order chi connectivity index (χ1) is 9.91. The molecule has 0 aliphatic carbocycles. The molecule has 0 bridgehead atoms. The zero-order valence-electron chi connectivity index (χ0n) is 11.7. The SMILES string of the molecule is C/C(=N\NC(N)=O)c1ccc(S(=O)(=O)N2CCCC2)cc1. The van der Waals surface area contributed by atoms with Crippen LogP contribution in [0.2, 0.25) is 0 Å². The maximum absolute atomic E-state index is 12.4. The van der Waals surface area contributed by atoms with E-state index < -0.39 is 16.1 Å². The van der Waals surface area contributed by atoms with Crippen molar-refractivity contribution in [3.05, 3.63) is 29.8 Å². The summed E-state index contributed by atoms with van der Waals surface area (Å²) in [6, 6.07) is 5.66. The average molecular weight is 310 g/mol. The first kappa shape index (κ1) is 15.5. The van der Waals surface area contributed by atoms with Crippen molar-refractivity contribution < 1.29 is 13.2 Å². The normalized spacial score (nSPS) is 16.9. The zero-order chi connectivity index (χ0) is 15.5. The van der Waals surface area contributed by atoms with Crippen LogP contribution in [0.25, 0.3) is 0 Å². The van der Waals surface area contributed by atoms with Crippen molar-refractivity contribution in [1.82, 2.24) is 9.73 Å². The van der Waals surface area contributed by atoms with Gasteiger partial charge in [0.2, 0.25) is 10.0 Å². The van der Waals surface area contributed by atoms with Crippen LogP contribution in [0.3, 0.4) is 0 Å². The Hall–Kier alpha value is -1.93. The van der Waals surface area contributed by atoms with Crippen LogP contribution in [-0.2, 0) is 10.0 Å². The minimum absolute atomic E-state index is 0.267. The Kier molecular flexibility index (Phi) is 4.59. The standard InChI is InChI=1S/C13H18N4O3S/c1-10(15-16-13(14)18)11-4-6-12(7-5-11)21(19,20)17-8-2-3-9-17/h4-7H,2-3,8-9H2,1H3,(H3,14,16,18)/b15-10+. The molecule has 0 aromatic heterocycles. The van der Waals surface area contributed by atoms with E-state index in [0.29, 0.717) is 24.4 Å². The minimum atomic E-state index is -3.40. The first-order valence-corrected chi connectivity index (χ1v) is 8.05. The van der Waals surface area contributed by atoms with Gasteiger partial charge >= 0.3 is 6.03 Å². The van der Waals surface area contributed by atoms with Crippen LogP contribution in [-0.4, -0.2) is 37.6 Å². The second-order valence-electron chi connectivity index (χ2n) is 4.81. The summed E-state index contributed by atoms with van der Waals surface area (Å²) in [6.07, 6.45) is 1.81. The van der Waals surface area contributed by atoms with E-state index in [2.05, 4.69) is 10.5 Å². The Labute approximate surface area is 123 Å². The van der Waals surface area contributed by atoms with Crippen LogP contribution in [0.1, 0.15) is 25.3 Å². The number of hydrogen-bond acceptors (Lipinski definition) is 4. The molecule has 2 amide bonds. The summed E-state index contributed by atoms with van der Waals surface area (Å²) in [4.78, 5) is 10.9. The molecule has 7 nitrogen and oxygen atoms in total. The van der Waals surface area contributed by atoms with E-state index in [0.717, 1.165) is 12.8 Å². The minimum Gasteiger partial charge on any atom is -0.350 e. The lowest BCUT2D eigenvalue weighted by molar-refractivity contribution is 0.249. The largest absolute Gasteiger partial charge is 0.350 e. The van der Waals surface area contributed by atoms with Gasteiger partial charge in [0.05, 0.1) is 10.6 Å². The molecule has 1 aromatic carbocycles. The topological polar surface area (TPSA) is 105 Å². The highest BCUT2D eigenvalue weighted by Gasteiger charge is 2.26. The molecule has 114 valence electrons. The van der Waals surface area contributed by atoms with E-state index in [1.807, 2.05) is 0 Å². The fraction of sp³-hybridized carbons (Fsp3) is 0.385. The zero-order valence-corrected chi connectivity index (χ0v) is 12.6. The van der Waals surface area contributed by atoms with Crippen molar-refractivity contribution in [2.75, 3.05) is 13.1 Å². The van der Waals surface area contributed by atoms with Gasteiger partial charge in [0.25, 0.3) is 0 Å². The number of carbonyl (C=O) groups excluding carboxylic acids is 1. The van der Waals surface area contributed by atoms with Gasteiger partial charge in [-0.1, -0.05) is 12.1 Å². The highest BCUT2D eigenvalue weighted by atomic mass is 32.2. The van der Waals surface area contributed by atoms with Gasteiger partial charge in [0.1, 0.15) is 0 Å². The van der Waals surface area contributed by atoms with E-state index in [1.165, 1.54) is 4.31 Å². The van der Waals surface area contributed by atoms with E-state index in [9.17, 15) is 13.2 Å². The molecule has 8 heteroatoms. The molecule has 0 spiro atoms. The molecule has 0 radical (unpaired) electrons. The van der Waals surface area contributed by atoms with Gasteiger partial charge in [0, 0.05) is 13.1 Å². The summed E-state index contributed by atoms with van der Waals surface area (Å²) in [5.74, 6) is 0. The number of nitrogens with two attached hydrogens (primary N) is 1. The Bertz CT molecular complexity index is 646. The number of nitrogens with zero attached hydrogens (tertiary/aromatic N) is 2. The number of sulfonamides is 1. The molecule has 1 fully saturated rings. The smallest absolute Gasteiger partial charge is 0.332 e. The third-order valence-corrected chi connectivity index (χ3v) is 5.22. The van der Waals surface area contributed by atoms with Crippen molar-refractivity contribution in [2.45, 2.75) is 24.7 Å². The molecular formula is C13H18N4O3S. The van der Waals surface area contributed by atoms with Gasteiger partial charge in [-0.15, -0.1) is 0 Å². The molecule has 21 heavy (non-hydrogen) atoms. The Morgan fingerprint density at radius 1 is 1.24 bits per heavy atom. The van der Waals surface area contributed by atoms with E-state index in [1.54, 1.807) is 31.2 Å². The van der Waals surface area contributed by atoms with Gasteiger partial charge < -0.3 is 5.73 Å². The summed E-state index contributed by atoms with van der Waals surface area (Å²) >= 11 is 0. The lowest BCUT2D eigenvalue weighted by atomic mass is 10.1. The van der Waals surface area contributed by atoms with Crippen LogP contribution < -0.4 is 11.2 Å². The number of primary amides is 1. The summed E-state index contributed by atoms with van der Waals surface area (Å²) in [5.41, 5.74) is 8.31. The predicted molar refractivity (Wildman–Crippen MR) is 79.4 cm³/mol. The maximum atomic E-state index is 12.4. The van der Waals surface area contributed by atoms with Gasteiger partial charge in [0.15, 0.2) is 0 Å². The molecule has 1 aliphatic rings. The summed E-state index contributed by atoms with van der Waals surface area (Å²) < 4.78 is 26.2. The fourth-order valence-corrected chi connectivity index (χ4v) is 3.67. The molecule has 1 aliphatic heterocycles. The third-order valence-electron chi connectivity index (χ3n) is 3.31. The highest BCUT2D eigenvalue weighted by molar-refractivity contribution is 7.89. The molecule has 0 atom stereocenters. The number of hydrazone groups is 1. The molecule has 2 rings (SSSR count). The number of carbonyl (C=O) groups is 1. The predicted octanol–water partition coefficient (Wildman–Crippen LogP) is 0.863. The number of benzene rings is 1. The Morgan fingerprint density at radius 3 is 2.33 bits per heavy atom. The molecular weight excluding hydrogens is 292 g/mol. The van der Waals surface area contributed by atoms with E-state index >= 15 is 0 Å². The van der Waals surface area contributed by atoms with Crippen LogP contribution >= 0.6 is 0 Å². The molecule has 1 saturated heterocycles. The Morgan fingerprint density at radius 2 is 1.81 bits per heavy atom. The van der Waals surface area contributed by atoms with Crippen molar-refractivity contribution in [3.8, 4) is 0 Å². The maximum Gasteiger partial charge on any atom is 0.332 e. The Balaban J connectivity index is 2.19. The second-order valence-corrected chi connectivity index (χ2v) is 6.75. The number of nitrogens with one attached hydrogen (secondary N) is 1. The number of hydrogen-bond donors (Lipinski definition) is 2. The summed E-state index contributed by atoms with van der Waals surface area (Å²) in [6.45, 7) is 2.85. The molecule has 1 aromatic rings. The molecule has 1 heterocycles. The van der Waals surface area contributed by atoms with E-state index in [-0.39, 0.29) is 4.90 Å². The van der Waals surface area contributed by atoms with Crippen molar-refractivity contribution in [3.63, 3.8) is 0 Å². The summed E-state index contributed by atoms with van der Waals surface area (Å²) in [5, 5.41) is 3.80. The highest BCUT2D eigenvalue weighted by Crippen LogP contribution is 2.21. The summed E-state index contributed by atoms with van der Waals surface area (Å²) in [7, 11) is -3.40. The van der Waals surface area contributed by atoms with Crippen molar-refractivity contribution in [1.29, 1.82) is 0 Å². The molecule has 0 saturated carbocycles. The molecule has 0 unspecified atom stereocenters. The van der Waals surface area contributed by atoms with Crippen molar-refractivity contribution in [2.24, 2.45) is 10.8 Å². The lowest BCUT2D eigenvalue weighted by Crippen LogP contribution is -2.27. The fourth-order valence-electron chi connectivity index (χ4n) is 2.15. The van der Waals surface area contributed by atoms with Gasteiger partial charge in [-0.05, 0) is 37.5 Å². The lowest BCUT2D eigenvalue weighted by Gasteiger charge is -2.15. The van der Waals surface area contributed by atoms with Gasteiger partial charge in [-0.2, -0.15) is 9.41 Å². The monoisotopic (exact) mass is 310 g/mol. The van der Waals surface area contributed by atoms with Crippen LogP contribution in [0.4, 0.5) is 4.79 Å². The van der Waals surface area contributed by atoms with Crippen LogP contribution in [0.5, 0.6) is 0 Å².